The largest absolute Gasteiger partial charge is 0.368 e. The van der Waals surface area contributed by atoms with Crippen molar-refractivity contribution in [2.45, 2.75) is 13.0 Å². The van der Waals surface area contributed by atoms with E-state index in [1.165, 1.54) is 16.8 Å². The van der Waals surface area contributed by atoms with Crippen molar-refractivity contribution in [3.05, 3.63) is 64.7 Å². The summed E-state index contributed by atoms with van der Waals surface area (Å²) in [6.45, 7) is 5.13. The molecule has 1 aliphatic rings. The number of hydrogen-bond acceptors (Lipinski definition) is 2. The van der Waals surface area contributed by atoms with Gasteiger partial charge in [0, 0.05) is 36.4 Å². The number of piperazine rings is 1. The van der Waals surface area contributed by atoms with Gasteiger partial charge in [-0.1, -0.05) is 48.0 Å². The molecular formula is C17H19ClN2. The summed E-state index contributed by atoms with van der Waals surface area (Å²) in [5.41, 5.74) is 3.87. The highest BCUT2D eigenvalue weighted by Crippen LogP contribution is 2.27. The third-order valence-electron chi connectivity index (χ3n) is 3.89. The molecule has 1 aliphatic heterocycles. The highest BCUT2D eigenvalue weighted by molar-refractivity contribution is 6.30. The van der Waals surface area contributed by atoms with E-state index in [2.05, 4.69) is 59.6 Å². The summed E-state index contributed by atoms with van der Waals surface area (Å²) in [4.78, 5) is 2.43. The Morgan fingerprint density at radius 1 is 1.15 bits per heavy atom. The standard InChI is InChI=1S/C17H19ClN2/c1-13-7-8-15(18)11-17(13)20-10-9-19-16(12-20)14-5-3-2-4-6-14/h2-8,11,16,19H,9-10,12H2,1H3. The predicted octanol–water partition coefficient (Wildman–Crippen LogP) is 3.80. The Kier molecular flexibility index (Phi) is 3.95. The highest BCUT2D eigenvalue weighted by atomic mass is 35.5. The summed E-state index contributed by atoms with van der Waals surface area (Å²) in [6, 6.07) is 17.1. The first-order valence-corrected chi connectivity index (χ1v) is 7.41. The van der Waals surface area contributed by atoms with E-state index in [4.69, 9.17) is 11.6 Å². The molecule has 2 aromatic rings. The summed E-state index contributed by atoms with van der Waals surface area (Å²) < 4.78 is 0. The number of nitrogens with one attached hydrogen (secondary N) is 1. The van der Waals surface area contributed by atoms with Crippen molar-refractivity contribution in [1.82, 2.24) is 5.32 Å². The molecule has 3 rings (SSSR count). The molecule has 1 fully saturated rings. The molecule has 0 radical (unpaired) electrons. The van der Waals surface area contributed by atoms with Gasteiger partial charge in [-0.05, 0) is 30.2 Å². The van der Waals surface area contributed by atoms with E-state index >= 15 is 0 Å². The average molecular weight is 287 g/mol. The molecule has 1 atom stereocenters. The fourth-order valence-electron chi connectivity index (χ4n) is 2.80. The first kappa shape index (κ1) is 13.5. The van der Waals surface area contributed by atoms with Gasteiger partial charge >= 0.3 is 0 Å². The van der Waals surface area contributed by atoms with E-state index in [1.54, 1.807) is 0 Å². The number of nitrogens with zero attached hydrogens (tertiary/aromatic N) is 1. The molecule has 0 aromatic heterocycles. The minimum absolute atomic E-state index is 0.378. The zero-order valence-corrected chi connectivity index (χ0v) is 12.4. The van der Waals surface area contributed by atoms with E-state index in [1.807, 2.05) is 6.07 Å². The molecule has 20 heavy (non-hydrogen) atoms. The maximum absolute atomic E-state index is 6.15. The van der Waals surface area contributed by atoms with Crippen molar-refractivity contribution in [1.29, 1.82) is 0 Å². The number of hydrogen-bond donors (Lipinski definition) is 1. The summed E-state index contributed by atoms with van der Waals surface area (Å²) in [5.74, 6) is 0. The maximum atomic E-state index is 6.15. The van der Waals surface area contributed by atoms with Gasteiger partial charge in [0.2, 0.25) is 0 Å². The van der Waals surface area contributed by atoms with Crippen LogP contribution in [0.25, 0.3) is 0 Å². The van der Waals surface area contributed by atoms with Gasteiger partial charge in [0.1, 0.15) is 0 Å². The van der Waals surface area contributed by atoms with Crippen LogP contribution in [-0.4, -0.2) is 19.6 Å². The normalized spacial score (nSPS) is 19.1. The minimum Gasteiger partial charge on any atom is -0.368 e. The van der Waals surface area contributed by atoms with Crippen LogP contribution < -0.4 is 10.2 Å². The van der Waals surface area contributed by atoms with Gasteiger partial charge < -0.3 is 10.2 Å². The van der Waals surface area contributed by atoms with Crippen LogP contribution in [0.1, 0.15) is 17.2 Å². The van der Waals surface area contributed by atoms with Crippen LogP contribution in [0.15, 0.2) is 48.5 Å². The molecular weight excluding hydrogens is 268 g/mol. The smallest absolute Gasteiger partial charge is 0.0498 e. The van der Waals surface area contributed by atoms with Crippen molar-refractivity contribution in [3.63, 3.8) is 0 Å². The van der Waals surface area contributed by atoms with Gasteiger partial charge in [0.15, 0.2) is 0 Å². The van der Waals surface area contributed by atoms with E-state index in [9.17, 15) is 0 Å². The van der Waals surface area contributed by atoms with Crippen molar-refractivity contribution in [2.24, 2.45) is 0 Å². The Balaban J connectivity index is 1.83. The van der Waals surface area contributed by atoms with Gasteiger partial charge in [-0.3, -0.25) is 0 Å². The zero-order valence-electron chi connectivity index (χ0n) is 11.6. The van der Waals surface area contributed by atoms with Gasteiger partial charge in [0.05, 0.1) is 0 Å². The molecule has 3 heteroatoms. The number of benzene rings is 2. The van der Waals surface area contributed by atoms with Crippen molar-refractivity contribution in [3.8, 4) is 0 Å². The molecule has 0 aliphatic carbocycles. The molecule has 0 saturated carbocycles. The Labute approximate surface area is 125 Å². The summed E-state index contributed by atoms with van der Waals surface area (Å²) in [7, 11) is 0. The van der Waals surface area contributed by atoms with E-state index < -0.39 is 0 Å². The first-order chi connectivity index (χ1) is 9.74. The SMILES string of the molecule is Cc1ccc(Cl)cc1N1CCNC(c2ccccc2)C1. The van der Waals surface area contributed by atoms with Crippen LogP contribution in [0.3, 0.4) is 0 Å². The van der Waals surface area contributed by atoms with Crippen LogP contribution in [0.4, 0.5) is 5.69 Å². The number of halogens is 1. The lowest BCUT2D eigenvalue weighted by atomic mass is 10.0. The minimum atomic E-state index is 0.378. The lowest BCUT2D eigenvalue weighted by Gasteiger charge is -2.36. The highest BCUT2D eigenvalue weighted by Gasteiger charge is 2.21. The molecule has 1 N–H and O–H groups in total. The monoisotopic (exact) mass is 286 g/mol. The molecule has 2 aromatic carbocycles. The molecule has 1 unspecified atom stereocenters. The lowest BCUT2D eigenvalue weighted by Crippen LogP contribution is -2.46. The molecule has 2 nitrogen and oxygen atoms in total. The van der Waals surface area contributed by atoms with Crippen molar-refractivity contribution < 1.29 is 0 Å². The number of aryl methyl sites for hydroxylation is 1. The van der Waals surface area contributed by atoms with Crippen LogP contribution in [0.2, 0.25) is 5.02 Å². The van der Waals surface area contributed by atoms with E-state index in [0.717, 1.165) is 24.7 Å². The van der Waals surface area contributed by atoms with Gasteiger partial charge in [0.25, 0.3) is 0 Å². The Bertz CT molecular complexity index is 583. The topological polar surface area (TPSA) is 15.3 Å². The van der Waals surface area contributed by atoms with Gasteiger partial charge in [-0.25, -0.2) is 0 Å². The second-order valence-corrected chi connectivity index (χ2v) is 5.73. The molecule has 104 valence electrons. The fourth-order valence-corrected chi connectivity index (χ4v) is 2.97. The molecule has 1 heterocycles. The molecule has 0 amide bonds. The Hall–Kier alpha value is -1.51. The molecule has 0 bridgehead atoms. The van der Waals surface area contributed by atoms with Gasteiger partial charge in [-0.15, -0.1) is 0 Å². The number of anilines is 1. The van der Waals surface area contributed by atoms with Crippen LogP contribution in [0, 0.1) is 6.92 Å². The number of rotatable bonds is 2. The Morgan fingerprint density at radius 3 is 2.75 bits per heavy atom. The van der Waals surface area contributed by atoms with Crippen LogP contribution in [0.5, 0.6) is 0 Å². The lowest BCUT2D eigenvalue weighted by molar-refractivity contribution is 0.471. The van der Waals surface area contributed by atoms with Crippen LogP contribution in [-0.2, 0) is 0 Å². The third kappa shape index (κ3) is 2.82. The predicted molar refractivity (Wildman–Crippen MR) is 85.6 cm³/mol. The zero-order chi connectivity index (χ0) is 13.9. The fraction of sp³-hybridized carbons (Fsp3) is 0.294. The second-order valence-electron chi connectivity index (χ2n) is 5.29. The third-order valence-corrected chi connectivity index (χ3v) is 4.12. The van der Waals surface area contributed by atoms with Crippen molar-refractivity contribution >= 4 is 17.3 Å². The van der Waals surface area contributed by atoms with Crippen LogP contribution >= 0.6 is 11.6 Å². The van der Waals surface area contributed by atoms with E-state index in [0.29, 0.717) is 6.04 Å². The molecule has 0 spiro atoms. The summed E-state index contributed by atoms with van der Waals surface area (Å²) >= 11 is 6.15. The second kappa shape index (κ2) is 5.86. The maximum Gasteiger partial charge on any atom is 0.0498 e. The molecule has 1 saturated heterocycles. The van der Waals surface area contributed by atoms with E-state index in [-0.39, 0.29) is 0 Å². The first-order valence-electron chi connectivity index (χ1n) is 7.03. The van der Waals surface area contributed by atoms with Crippen molar-refractivity contribution in [2.75, 3.05) is 24.5 Å². The quantitative estimate of drug-likeness (QED) is 0.903. The summed E-state index contributed by atoms with van der Waals surface area (Å²) in [5, 5.41) is 4.40. The average Bonchev–Trinajstić information content (AvgIpc) is 2.51. The Morgan fingerprint density at radius 2 is 1.95 bits per heavy atom. The van der Waals surface area contributed by atoms with Gasteiger partial charge in [-0.2, -0.15) is 0 Å². The summed E-state index contributed by atoms with van der Waals surface area (Å²) in [6.07, 6.45) is 0.